The molecule has 0 aromatic heterocycles. The van der Waals surface area contributed by atoms with Crippen LogP contribution in [0.5, 0.6) is 5.75 Å². The molecule has 1 heterocycles. The molecule has 1 aliphatic rings. The van der Waals surface area contributed by atoms with E-state index in [-0.39, 0.29) is 41.0 Å². The summed E-state index contributed by atoms with van der Waals surface area (Å²) in [4.78, 5) is 25.8. The third-order valence-electron chi connectivity index (χ3n) is 4.29. The summed E-state index contributed by atoms with van der Waals surface area (Å²) in [5.74, 6) is -0.360. The van der Waals surface area contributed by atoms with E-state index in [2.05, 4.69) is 0 Å². The second-order valence-electron chi connectivity index (χ2n) is 6.26. The van der Waals surface area contributed by atoms with E-state index in [1.165, 1.54) is 24.0 Å². The number of ether oxygens (including phenoxy) is 1. The summed E-state index contributed by atoms with van der Waals surface area (Å²) in [7, 11) is 0. The summed E-state index contributed by atoms with van der Waals surface area (Å²) in [5, 5.41) is 11.9. The van der Waals surface area contributed by atoms with Gasteiger partial charge in [0.2, 0.25) is 0 Å². The van der Waals surface area contributed by atoms with Crippen LogP contribution in [-0.2, 0) is 15.2 Å². The quantitative estimate of drug-likeness (QED) is 0.747. The van der Waals surface area contributed by atoms with Crippen molar-refractivity contribution in [2.24, 2.45) is 0 Å². The maximum absolute atomic E-state index is 12.9. The number of carbonyl (C=O) groups excluding carboxylic acids is 2. The molecule has 3 rings (SSSR count). The van der Waals surface area contributed by atoms with Gasteiger partial charge in [-0.1, -0.05) is 40.9 Å². The summed E-state index contributed by atoms with van der Waals surface area (Å²) in [5.41, 5.74) is -1.39. The van der Waals surface area contributed by atoms with Crippen molar-refractivity contribution in [2.75, 3.05) is 18.1 Å². The Morgan fingerprint density at radius 3 is 2.44 bits per heavy atom. The number of amides is 1. The fraction of sp³-hybridized carbons (Fsp3) is 0.263. The van der Waals surface area contributed by atoms with E-state index in [1.807, 2.05) is 0 Å². The maximum atomic E-state index is 12.9. The zero-order valence-electron chi connectivity index (χ0n) is 14.3. The largest absolute Gasteiger partial charge is 0.492 e. The van der Waals surface area contributed by atoms with Crippen molar-refractivity contribution < 1.29 is 19.4 Å². The number of Topliss-reactive ketones (excluding diaryl/α,β-unsaturated/α-hetero) is 1. The first-order valence-corrected chi connectivity index (χ1v) is 9.28. The van der Waals surface area contributed by atoms with Crippen molar-refractivity contribution in [3.8, 4) is 5.75 Å². The van der Waals surface area contributed by atoms with Crippen LogP contribution < -0.4 is 9.64 Å². The van der Waals surface area contributed by atoms with E-state index >= 15 is 0 Å². The summed E-state index contributed by atoms with van der Waals surface area (Å²) < 4.78 is 5.63. The Bertz CT molecular complexity index is 901. The zero-order chi connectivity index (χ0) is 19.8. The number of aliphatic hydroxyl groups is 1. The van der Waals surface area contributed by atoms with Gasteiger partial charge in [-0.25, -0.2) is 0 Å². The number of nitrogens with zero attached hydrogens (tertiary/aromatic N) is 1. The normalized spacial score (nSPS) is 18.6. The number of fused-ring (bicyclic) bond motifs is 1. The minimum absolute atomic E-state index is 0.120. The molecule has 0 radical (unpaired) electrons. The van der Waals surface area contributed by atoms with Crippen molar-refractivity contribution in [3.63, 3.8) is 0 Å². The smallest absolute Gasteiger partial charge is 0.264 e. The summed E-state index contributed by atoms with van der Waals surface area (Å²) in [6, 6.07) is 9.81. The maximum Gasteiger partial charge on any atom is 0.264 e. The zero-order valence-corrected chi connectivity index (χ0v) is 16.6. The highest BCUT2D eigenvalue weighted by Crippen LogP contribution is 2.48. The Kier molecular flexibility index (Phi) is 5.68. The topological polar surface area (TPSA) is 66.8 Å². The third-order valence-corrected chi connectivity index (χ3v) is 5.33. The molecule has 0 fully saturated rings. The van der Waals surface area contributed by atoms with Gasteiger partial charge in [-0.15, -0.1) is 0 Å². The van der Waals surface area contributed by atoms with Crippen LogP contribution in [0.25, 0.3) is 0 Å². The van der Waals surface area contributed by atoms with Gasteiger partial charge in [0.25, 0.3) is 5.91 Å². The van der Waals surface area contributed by atoms with Gasteiger partial charge in [-0.3, -0.25) is 9.59 Å². The molecule has 0 spiro atoms. The molecule has 8 heteroatoms. The average Bonchev–Trinajstić information content (AvgIpc) is 2.81. The standard InChI is InChI=1S/C19H16Cl3NO4/c1-11(24)10-19(26)14-6-7-15(21)16(22)17(14)23(18(19)25)8-9-27-13-4-2-12(20)3-5-13/h2-7,26H,8-10H2,1H3. The van der Waals surface area contributed by atoms with Gasteiger partial charge in [0.05, 0.1) is 22.3 Å². The highest BCUT2D eigenvalue weighted by molar-refractivity contribution is 6.44. The number of carbonyl (C=O) groups is 2. The number of benzene rings is 2. The van der Waals surface area contributed by atoms with Gasteiger partial charge in [-0.2, -0.15) is 0 Å². The van der Waals surface area contributed by atoms with Gasteiger partial charge < -0.3 is 14.7 Å². The van der Waals surface area contributed by atoms with Gasteiger partial charge in [0.1, 0.15) is 18.1 Å². The molecule has 1 amide bonds. The Hall–Kier alpha value is -1.79. The molecule has 27 heavy (non-hydrogen) atoms. The summed E-state index contributed by atoms with van der Waals surface area (Å²) in [6.07, 6.45) is -0.342. The molecule has 0 aliphatic carbocycles. The molecule has 1 atom stereocenters. The van der Waals surface area contributed by atoms with Crippen LogP contribution in [0.4, 0.5) is 5.69 Å². The second-order valence-corrected chi connectivity index (χ2v) is 7.48. The lowest BCUT2D eigenvalue weighted by molar-refractivity contribution is -0.141. The molecule has 142 valence electrons. The van der Waals surface area contributed by atoms with Crippen LogP contribution in [-0.4, -0.2) is 29.9 Å². The lowest BCUT2D eigenvalue weighted by Gasteiger charge is -2.22. The highest BCUT2D eigenvalue weighted by Gasteiger charge is 2.51. The molecule has 2 aromatic rings. The van der Waals surface area contributed by atoms with Crippen molar-refractivity contribution in [1.29, 1.82) is 0 Å². The predicted octanol–water partition coefficient (Wildman–Crippen LogP) is 4.24. The van der Waals surface area contributed by atoms with Crippen LogP contribution >= 0.6 is 34.8 Å². The van der Waals surface area contributed by atoms with Crippen LogP contribution in [0, 0.1) is 0 Å². The van der Waals surface area contributed by atoms with Crippen molar-refractivity contribution in [3.05, 3.63) is 57.0 Å². The molecule has 1 N–H and O–H groups in total. The number of hydrogen-bond donors (Lipinski definition) is 1. The Balaban J connectivity index is 1.87. The third kappa shape index (κ3) is 3.78. The Morgan fingerprint density at radius 2 is 1.81 bits per heavy atom. The van der Waals surface area contributed by atoms with Gasteiger partial charge in [-0.05, 0) is 37.3 Å². The molecule has 0 bridgehead atoms. The monoisotopic (exact) mass is 427 g/mol. The Morgan fingerprint density at radius 1 is 1.15 bits per heavy atom. The minimum atomic E-state index is -1.96. The molecule has 5 nitrogen and oxygen atoms in total. The molecule has 0 saturated carbocycles. The molecule has 0 saturated heterocycles. The molecular weight excluding hydrogens is 413 g/mol. The van der Waals surface area contributed by atoms with Gasteiger partial charge in [0.15, 0.2) is 5.60 Å². The van der Waals surface area contributed by atoms with Gasteiger partial charge >= 0.3 is 0 Å². The van der Waals surface area contributed by atoms with Crippen LogP contribution in [0.1, 0.15) is 18.9 Å². The number of halogens is 3. The fourth-order valence-electron chi connectivity index (χ4n) is 3.11. The van der Waals surface area contributed by atoms with Crippen molar-refractivity contribution in [1.82, 2.24) is 0 Å². The lowest BCUT2D eigenvalue weighted by atomic mass is 9.90. The van der Waals surface area contributed by atoms with Crippen LogP contribution in [0.3, 0.4) is 0 Å². The molecular formula is C19H16Cl3NO4. The van der Waals surface area contributed by atoms with E-state index in [9.17, 15) is 14.7 Å². The SMILES string of the molecule is CC(=O)CC1(O)C(=O)N(CCOc2ccc(Cl)cc2)c2c1ccc(Cl)c2Cl. The summed E-state index contributed by atoms with van der Waals surface area (Å²) in [6.45, 7) is 1.58. The molecule has 1 aliphatic heterocycles. The first-order chi connectivity index (χ1) is 12.7. The van der Waals surface area contributed by atoms with E-state index < -0.39 is 11.5 Å². The number of anilines is 1. The molecule has 2 aromatic carbocycles. The van der Waals surface area contributed by atoms with E-state index in [0.29, 0.717) is 16.5 Å². The predicted molar refractivity (Wildman–Crippen MR) is 105 cm³/mol. The van der Waals surface area contributed by atoms with E-state index in [0.717, 1.165) is 0 Å². The first kappa shape index (κ1) is 20.0. The van der Waals surface area contributed by atoms with Crippen LogP contribution in [0.2, 0.25) is 15.1 Å². The lowest BCUT2D eigenvalue weighted by Crippen LogP contribution is -2.43. The molecule has 1 unspecified atom stereocenters. The van der Waals surface area contributed by atoms with Gasteiger partial charge in [0, 0.05) is 17.0 Å². The van der Waals surface area contributed by atoms with E-state index in [1.54, 1.807) is 24.3 Å². The number of ketones is 1. The summed E-state index contributed by atoms with van der Waals surface area (Å²) >= 11 is 18.2. The van der Waals surface area contributed by atoms with Crippen LogP contribution in [0.15, 0.2) is 36.4 Å². The fourth-order valence-corrected chi connectivity index (χ4v) is 3.65. The number of rotatable bonds is 6. The Labute approximate surface area is 171 Å². The highest BCUT2D eigenvalue weighted by atomic mass is 35.5. The van der Waals surface area contributed by atoms with Crippen molar-refractivity contribution >= 4 is 52.2 Å². The number of hydrogen-bond acceptors (Lipinski definition) is 4. The minimum Gasteiger partial charge on any atom is -0.492 e. The second kappa shape index (κ2) is 7.68. The average molecular weight is 429 g/mol. The first-order valence-electron chi connectivity index (χ1n) is 8.14. The van der Waals surface area contributed by atoms with Crippen molar-refractivity contribution in [2.45, 2.75) is 18.9 Å². The van der Waals surface area contributed by atoms with E-state index in [4.69, 9.17) is 39.5 Å².